The highest BCUT2D eigenvalue weighted by Gasteiger charge is 2.36. The average molecular weight is 398 g/mol. The number of sulfonamides is 1. The number of amides is 1. The van der Waals surface area contributed by atoms with Gasteiger partial charge in [0.1, 0.15) is 6.04 Å². The van der Waals surface area contributed by atoms with Gasteiger partial charge in [0.15, 0.2) is 0 Å². The topological polar surface area (TPSA) is 82.3 Å². The van der Waals surface area contributed by atoms with Crippen LogP contribution in [0.1, 0.15) is 16.7 Å². The van der Waals surface area contributed by atoms with Gasteiger partial charge in [-0.25, -0.2) is 8.42 Å². The van der Waals surface area contributed by atoms with Crippen LogP contribution in [-0.2, 0) is 34.2 Å². The van der Waals surface area contributed by atoms with E-state index >= 15 is 0 Å². The molecule has 2 heterocycles. The molecule has 2 N–H and O–H groups in total. The minimum Gasteiger partial charge on any atom is -0.361 e. The zero-order chi connectivity index (χ0) is 19.7. The van der Waals surface area contributed by atoms with E-state index in [1.54, 1.807) is 0 Å². The summed E-state index contributed by atoms with van der Waals surface area (Å²) in [6.45, 7) is 0.686. The van der Waals surface area contributed by atoms with Crippen LogP contribution in [-0.4, -0.2) is 42.5 Å². The van der Waals surface area contributed by atoms with E-state index in [9.17, 15) is 13.2 Å². The molecule has 2 aromatic carbocycles. The third-order valence-corrected chi connectivity index (χ3v) is 6.54. The summed E-state index contributed by atoms with van der Waals surface area (Å²) in [5.74, 6) is -0.250. The minimum atomic E-state index is -3.49. The van der Waals surface area contributed by atoms with Crippen molar-refractivity contribution >= 4 is 26.8 Å². The maximum absolute atomic E-state index is 12.8. The second-order valence-electron chi connectivity index (χ2n) is 7.20. The highest BCUT2D eigenvalue weighted by molar-refractivity contribution is 7.88. The maximum atomic E-state index is 12.8. The molecule has 0 saturated carbocycles. The normalized spacial score (nSPS) is 17.4. The zero-order valence-electron chi connectivity index (χ0n) is 15.7. The van der Waals surface area contributed by atoms with Gasteiger partial charge in [0, 0.05) is 30.2 Å². The van der Waals surface area contributed by atoms with E-state index in [1.165, 1.54) is 4.31 Å². The Labute approximate surface area is 164 Å². The van der Waals surface area contributed by atoms with E-state index in [1.807, 2.05) is 54.7 Å². The Morgan fingerprint density at radius 2 is 1.86 bits per heavy atom. The van der Waals surface area contributed by atoms with E-state index in [0.29, 0.717) is 19.4 Å². The molecule has 1 amide bonds. The molecule has 0 bridgehead atoms. The van der Waals surface area contributed by atoms with Crippen LogP contribution < -0.4 is 5.32 Å². The molecule has 146 valence electrons. The molecule has 1 aliphatic heterocycles. The summed E-state index contributed by atoms with van der Waals surface area (Å²) in [5, 5.41) is 4.07. The molecule has 28 heavy (non-hydrogen) atoms. The molecule has 1 atom stereocenters. The van der Waals surface area contributed by atoms with Gasteiger partial charge in [-0.1, -0.05) is 42.5 Å². The number of nitrogens with one attached hydrogen (secondary N) is 2. The molecule has 0 spiro atoms. The van der Waals surface area contributed by atoms with Gasteiger partial charge in [0.05, 0.1) is 6.26 Å². The van der Waals surface area contributed by atoms with Gasteiger partial charge < -0.3 is 10.3 Å². The van der Waals surface area contributed by atoms with Crippen LogP contribution in [0.2, 0.25) is 0 Å². The third kappa shape index (κ3) is 3.68. The lowest BCUT2D eigenvalue weighted by Crippen LogP contribution is -2.52. The molecule has 3 aromatic rings. The third-order valence-electron chi connectivity index (χ3n) is 5.30. The van der Waals surface area contributed by atoms with Crippen molar-refractivity contribution < 1.29 is 13.2 Å². The Bertz CT molecular complexity index is 1120. The summed E-state index contributed by atoms with van der Waals surface area (Å²) in [7, 11) is -3.49. The van der Waals surface area contributed by atoms with Crippen molar-refractivity contribution in [3.8, 4) is 0 Å². The van der Waals surface area contributed by atoms with Gasteiger partial charge in [-0.05, 0) is 35.6 Å². The van der Waals surface area contributed by atoms with Crippen LogP contribution in [0.15, 0.2) is 54.7 Å². The van der Waals surface area contributed by atoms with Gasteiger partial charge in [-0.3, -0.25) is 4.79 Å². The number of aromatic nitrogens is 1. The standard InChI is InChI=1S/C21H23N3O3S/c1-28(26,27)24-14-17-7-3-2-6-15(17)12-20(24)21(25)22-11-10-16-13-23-19-9-5-4-8-18(16)19/h2-9,13,20,23H,10-12,14H2,1H3,(H,22,25)/t20-/m1/s1. The van der Waals surface area contributed by atoms with Crippen molar-refractivity contribution in [3.63, 3.8) is 0 Å². The molecule has 7 heteroatoms. The molecule has 6 nitrogen and oxygen atoms in total. The van der Waals surface area contributed by atoms with Crippen LogP contribution in [0.4, 0.5) is 0 Å². The summed E-state index contributed by atoms with van der Waals surface area (Å²) in [5.41, 5.74) is 4.18. The smallest absolute Gasteiger partial charge is 0.238 e. The molecule has 0 aliphatic carbocycles. The van der Waals surface area contributed by atoms with Crippen molar-refractivity contribution in [2.24, 2.45) is 0 Å². The maximum Gasteiger partial charge on any atom is 0.238 e. The van der Waals surface area contributed by atoms with Crippen molar-refractivity contribution in [2.75, 3.05) is 12.8 Å². The Morgan fingerprint density at radius 1 is 1.14 bits per heavy atom. The van der Waals surface area contributed by atoms with Crippen LogP contribution in [0.3, 0.4) is 0 Å². The van der Waals surface area contributed by atoms with Gasteiger partial charge in [-0.15, -0.1) is 0 Å². The van der Waals surface area contributed by atoms with Crippen molar-refractivity contribution in [1.82, 2.24) is 14.6 Å². The van der Waals surface area contributed by atoms with Crippen LogP contribution in [0, 0.1) is 0 Å². The Kier molecular flexibility index (Phi) is 4.95. The largest absolute Gasteiger partial charge is 0.361 e. The van der Waals surface area contributed by atoms with Crippen LogP contribution in [0.25, 0.3) is 10.9 Å². The number of carbonyl (C=O) groups excluding carboxylic acids is 1. The average Bonchev–Trinajstić information content (AvgIpc) is 3.09. The highest BCUT2D eigenvalue weighted by Crippen LogP contribution is 2.25. The minimum absolute atomic E-state index is 0.232. The Morgan fingerprint density at radius 3 is 2.64 bits per heavy atom. The summed E-state index contributed by atoms with van der Waals surface area (Å²) in [4.78, 5) is 16.1. The first-order chi connectivity index (χ1) is 13.4. The summed E-state index contributed by atoms with van der Waals surface area (Å²) in [6, 6.07) is 15.0. The fraction of sp³-hybridized carbons (Fsp3) is 0.286. The van der Waals surface area contributed by atoms with Crippen molar-refractivity contribution in [3.05, 3.63) is 71.4 Å². The lowest BCUT2D eigenvalue weighted by Gasteiger charge is -2.34. The number of hydrogen-bond donors (Lipinski definition) is 2. The van der Waals surface area contributed by atoms with Gasteiger partial charge in [-0.2, -0.15) is 4.31 Å². The zero-order valence-corrected chi connectivity index (χ0v) is 16.5. The number of benzene rings is 2. The fourth-order valence-corrected chi connectivity index (χ4v) is 4.85. The molecule has 1 aromatic heterocycles. The number of aromatic amines is 1. The highest BCUT2D eigenvalue weighted by atomic mass is 32.2. The number of para-hydroxylation sites is 1. The summed E-state index contributed by atoms with van der Waals surface area (Å²) < 4.78 is 25.8. The number of carbonyl (C=O) groups is 1. The number of rotatable bonds is 5. The molecule has 1 aliphatic rings. The molecule has 0 saturated heterocycles. The molecule has 0 radical (unpaired) electrons. The predicted molar refractivity (Wildman–Crippen MR) is 109 cm³/mol. The second-order valence-corrected chi connectivity index (χ2v) is 9.13. The molecular weight excluding hydrogens is 374 g/mol. The number of H-pyrrole nitrogens is 1. The lowest BCUT2D eigenvalue weighted by molar-refractivity contribution is -0.125. The Hall–Kier alpha value is -2.64. The van der Waals surface area contributed by atoms with Gasteiger partial charge in [0.25, 0.3) is 0 Å². The van der Waals surface area contributed by atoms with E-state index in [2.05, 4.69) is 10.3 Å². The number of hydrogen-bond acceptors (Lipinski definition) is 3. The first kappa shape index (κ1) is 18.7. The molecule has 4 rings (SSSR count). The van der Waals surface area contributed by atoms with Gasteiger partial charge in [0.2, 0.25) is 15.9 Å². The van der Waals surface area contributed by atoms with Crippen molar-refractivity contribution in [1.29, 1.82) is 0 Å². The summed E-state index contributed by atoms with van der Waals surface area (Å²) >= 11 is 0. The van der Waals surface area contributed by atoms with E-state index in [4.69, 9.17) is 0 Å². The van der Waals surface area contributed by atoms with E-state index in [0.717, 1.165) is 33.8 Å². The SMILES string of the molecule is CS(=O)(=O)N1Cc2ccccc2C[C@@H]1C(=O)NCCc1c[nH]c2ccccc12. The van der Waals surface area contributed by atoms with Crippen molar-refractivity contribution in [2.45, 2.75) is 25.4 Å². The Balaban J connectivity index is 1.47. The molecular formula is C21H23N3O3S. The summed E-state index contributed by atoms with van der Waals surface area (Å²) in [6.07, 6.45) is 4.18. The second kappa shape index (κ2) is 7.41. The molecule has 0 fully saturated rings. The lowest BCUT2D eigenvalue weighted by atomic mass is 9.95. The first-order valence-corrected chi connectivity index (χ1v) is 11.1. The predicted octanol–water partition coefficient (Wildman–Crippen LogP) is 2.21. The van der Waals surface area contributed by atoms with Crippen LogP contribution >= 0.6 is 0 Å². The number of fused-ring (bicyclic) bond motifs is 2. The van der Waals surface area contributed by atoms with E-state index < -0.39 is 16.1 Å². The monoisotopic (exact) mass is 397 g/mol. The molecule has 0 unspecified atom stereocenters. The quantitative estimate of drug-likeness (QED) is 0.693. The fourth-order valence-electron chi connectivity index (χ4n) is 3.85. The first-order valence-electron chi connectivity index (χ1n) is 9.30. The van der Waals surface area contributed by atoms with E-state index in [-0.39, 0.29) is 12.5 Å². The van der Waals surface area contributed by atoms with Gasteiger partial charge >= 0.3 is 0 Å². The number of nitrogens with zero attached hydrogens (tertiary/aromatic N) is 1. The van der Waals surface area contributed by atoms with Crippen LogP contribution in [0.5, 0.6) is 0 Å².